The average molecular weight is 339 g/mol. The molecule has 1 aliphatic rings. The number of aryl methyl sites for hydroxylation is 1. The highest BCUT2D eigenvalue weighted by Gasteiger charge is 2.30. The number of benzene rings is 1. The summed E-state index contributed by atoms with van der Waals surface area (Å²) in [5.74, 6) is 1.32. The molecule has 0 saturated carbocycles. The molecule has 1 fully saturated rings. The van der Waals surface area contributed by atoms with Crippen LogP contribution in [0.4, 0.5) is 5.82 Å². The summed E-state index contributed by atoms with van der Waals surface area (Å²) in [5, 5.41) is 0. The van der Waals surface area contributed by atoms with Gasteiger partial charge >= 0.3 is 0 Å². The van der Waals surface area contributed by atoms with Gasteiger partial charge in [-0.05, 0) is 50.6 Å². The zero-order valence-corrected chi connectivity index (χ0v) is 15.1. The molecule has 1 amide bonds. The van der Waals surface area contributed by atoms with Crippen LogP contribution in [0, 0.1) is 13.8 Å². The largest absolute Gasteiger partial charge is 0.384 e. The lowest BCUT2D eigenvalue weighted by Gasteiger charge is -2.24. The van der Waals surface area contributed by atoms with E-state index >= 15 is 0 Å². The number of carbonyl (C=O) groups excluding carboxylic acids is 1. The number of carbonyl (C=O) groups is 1. The van der Waals surface area contributed by atoms with Crippen LogP contribution in [0.1, 0.15) is 33.7 Å². The maximum Gasteiger partial charge on any atom is 0.254 e. The number of amides is 1. The first-order valence-corrected chi connectivity index (χ1v) is 8.59. The summed E-state index contributed by atoms with van der Waals surface area (Å²) in [4.78, 5) is 25.5. The van der Waals surface area contributed by atoms with Crippen LogP contribution in [-0.4, -0.2) is 51.9 Å². The van der Waals surface area contributed by atoms with Gasteiger partial charge in [-0.25, -0.2) is 9.97 Å². The lowest BCUT2D eigenvalue weighted by molar-refractivity contribution is 0.0778. The van der Waals surface area contributed by atoms with Gasteiger partial charge in [0.1, 0.15) is 11.6 Å². The Hall–Kier alpha value is -2.47. The Labute approximate surface area is 148 Å². The minimum atomic E-state index is 0.123. The van der Waals surface area contributed by atoms with Gasteiger partial charge in [-0.2, -0.15) is 0 Å². The van der Waals surface area contributed by atoms with Crippen LogP contribution < -0.4 is 5.73 Å². The molecule has 0 aliphatic carbocycles. The van der Waals surface area contributed by atoms with Crippen molar-refractivity contribution in [3.05, 3.63) is 53.0 Å². The van der Waals surface area contributed by atoms with Crippen molar-refractivity contribution < 1.29 is 4.79 Å². The fourth-order valence-electron chi connectivity index (χ4n) is 3.28. The van der Waals surface area contributed by atoms with E-state index in [-0.39, 0.29) is 5.91 Å². The van der Waals surface area contributed by atoms with Crippen LogP contribution in [0.5, 0.6) is 0 Å². The summed E-state index contributed by atoms with van der Waals surface area (Å²) in [5.41, 5.74) is 8.74. The second-order valence-corrected chi connectivity index (χ2v) is 6.75. The summed E-state index contributed by atoms with van der Waals surface area (Å²) in [7, 11) is 2.04. The number of hydrogen-bond donors (Lipinski definition) is 1. The van der Waals surface area contributed by atoms with Crippen LogP contribution in [0.15, 0.2) is 30.5 Å². The molecule has 132 valence electrons. The molecule has 25 heavy (non-hydrogen) atoms. The van der Waals surface area contributed by atoms with Crippen molar-refractivity contribution in [1.82, 2.24) is 19.8 Å². The first-order valence-electron chi connectivity index (χ1n) is 8.59. The van der Waals surface area contributed by atoms with Gasteiger partial charge in [0.25, 0.3) is 5.91 Å². The molecule has 2 N–H and O–H groups in total. The van der Waals surface area contributed by atoms with E-state index < -0.39 is 0 Å². The number of likely N-dealkylation sites (tertiary alicyclic amines) is 1. The van der Waals surface area contributed by atoms with E-state index in [0.717, 1.165) is 36.2 Å². The van der Waals surface area contributed by atoms with Crippen molar-refractivity contribution in [1.29, 1.82) is 0 Å². The number of rotatable bonds is 4. The molecule has 2 heterocycles. The van der Waals surface area contributed by atoms with Gasteiger partial charge in [0.05, 0.1) is 6.54 Å². The normalized spacial score (nSPS) is 17.3. The van der Waals surface area contributed by atoms with Crippen molar-refractivity contribution in [2.24, 2.45) is 0 Å². The monoisotopic (exact) mass is 339 g/mol. The first kappa shape index (κ1) is 17.4. The van der Waals surface area contributed by atoms with E-state index in [1.165, 1.54) is 0 Å². The molecule has 1 saturated heterocycles. The standard InChI is InChI=1S/C19H25N5O/c1-13-5-4-6-16(14(13)2)19(25)24-10-8-15(11-24)23(3)12-18-21-9-7-17(20)22-18/h4-7,9,15H,8,10-12H2,1-3H3,(H2,20,21,22). The number of nitrogens with two attached hydrogens (primary N) is 1. The SMILES string of the molecule is Cc1cccc(C(=O)N2CCC(N(C)Cc3nccc(N)n3)C2)c1C. The van der Waals surface area contributed by atoms with E-state index in [0.29, 0.717) is 24.2 Å². The number of hydrogen-bond acceptors (Lipinski definition) is 5. The summed E-state index contributed by atoms with van der Waals surface area (Å²) in [6, 6.07) is 7.90. The van der Waals surface area contributed by atoms with Gasteiger partial charge in [-0.3, -0.25) is 9.69 Å². The van der Waals surface area contributed by atoms with Crippen molar-refractivity contribution in [2.75, 3.05) is 25.9 Å². The topological polar surface area (TPSA) is 75.4 Å². The van der Waals surface area contributed by atoms with Gasteiger partial charge in [-0.15, -0.1) is 0 Å². The molecule has 0 bridgehead atoms. The zero-order valence-electron chi connectivity index (χ0n) is 15.1. The minimum absolute atomic E-state index is 0.123. The van der Waals surface area contributed by atoms with E-state index in [1.54, 1.807) is 12.3 Å². The number of likely N-dealkylation sites (N-methyl/N-ethyl adjacent to an activating group) is 1. The van der Waals surface area contributed by atoms with Gasteiger partial charge in [0, 0.05) is 30.9 Å². The fourth-order valence-corrected chi connectivity index (χ4v) is 3.28. The van der Waals surface area contributed by atoms with Crippen LogP contribution in [0.3, 0.4) is 0 Å². The second kappa shape index (κ2) is 7.19. The van der Waals surface area contributed by atoms with E-state index in [4.69, 9.17) is 5.73 Å². The van der Waals surface area contributed by atoms with Gasteiger partial charge in [-0.1, -0.05) is 12.1 Å². The zero-order chi connectivity index (χ0) is 18.0. The summed E-state index contributed by atoms with van der Waals surface area (Å²) >= 11 is 0. The molecule has 2 aromatic rings. The predicted molar refractivity (Wildman–Crippen MR) is 98.1 cm³/mol. The molecule has 0 radical (unpaired) electrons. The highest BCUT2D eigenvalue weighted by Crippen LogP contribution is 2.21. The first-order chi connectivity index (χ1) is 12.0. The molecule has 6 heteroatoms. The number of nitrogens with zero attached hydrogens (tertiary/aromatic N) is 4. The Morgan fingerprint density at radius 1 is 1.36 bits per heavy atom. The van der Waals surface area contributed by atoms with Crippen molar-refractivity contribution >= 4 is 11.7 Å². The van der Waals surface area contributed by atoms with Crippen molar-refractivity contribution in [3.63, 3.8) is 0 Å². The van der Waals surface area contributed by atoms with Gasteiger partial charge in [0.2, 0.25) is 0 Å². The number of aromatic nitrogens is 2. The molecule has 3 rings (SSSR count). The minimum Gasteiger partial charge on any atom is -0.384 e. The van der Waals surface area contributed by atoms with Crippen molar-refractivity contribution in [2.45, 2.75) is 32.9 Å². The molecule has 1 unspecified atom stereocenters. The van der Waals surface area contributed by atoms with Crippen LogP contribution >= 0.6 is 0 Å². The molecule has 6 nitrogen and oxygen atoms in total. The third-order valence-electron chi connectivity index (χ3n) is 5.03. The Bertz CT molecular complexity index is 776. The fraction of sp³-hybridized carbons (Fsp3) is 0.421. The van der Waals surface area contributed by atoms with Gasteiger partial charge in [0.15, 0.2) is 0 Å². The van der Waals surface area contributed by atoms with Crippen LogP contribution in [0.25, 0.3) is 0 Å². The molecular weight excluding hydrogens is 314 g/mol. The molecule has 0 spiro atoms. The lowest BCUT2D eigenvalue weighted by atomic mass is 10.0. The number of nitrogen functional groups attached to an aromatic ring is 1. The van der Waals surface area contributed by atoms with E-state index in [1.807, 2.05) is 44.0 Å². The maximum absolute atomic E-state index is 12.9. The lowest BCUT2D eigenvalue weighted by Crippen LogP contribution is -2.36. The Kier molecular flexibility index (Phi) is 4.99. The van der Waals surface area contributed by atoms with Gasteiger partial charge < -0.3 is 10.6 Å². The quantitative estimate of drug-likeness (QED) is 0.922. The molecular formula is C19H25N5O. The molecule has 1 atom stereocenters. The van der Waals surface area contributed by atoms with E-state index in [2.05, 4.69) is 14.9 Å². The average Bonchev–Trinajstić information content (AvgIpc) is 3.07. The Morgan fingerprint density at radius 3 is 2.92 bits per heavy atom. The second-order valence-electron chi connectivity index (χ2n) is 6.75. The molecule has 1 aromatic carbocycles. The number of anilines is 1. The summed E-state index contributed by atoms with van der Waals surface area (Å²) in [6.45, 7) is 6.18. The van der Waals surface area contributed by atoms with Crippen molar-refractivity contribution in [3.8, 4) is 0 Å². The highest BCUT2D eigenvalue weighted by atomic mass is 16.2. The van der Waals surface area contributed by atoms with Crippen LogP contribution in [-0.2, 0) is 6.54 Å². The summed E-state index contributed by atoms with van der Waals surface area (Å²) < 4.78 is 0. The Morgan fingerprint density at radius 2 is 2.16 bits per heavy atom. The smallest absolute Gasteiger partial charge is 0.254 e. The van der Waals surface area contributed by atoms with Crippen LogP contribution in [0.2, 0.25) is 0 Å². The third kappa shape index (κ3) is 3.79. The summed E-state index contributed by atoms with van der Waals surface area (Å²) in [6.07, 6.45) is 2.63. The molecule has 1 aliphatic heterocycles. The van der Waals surface area contributed by atoms with E-state index in [9.17, 15) is 4.79 Å². The Balaban J connectivity index is 1.64. The molecule has 1 aromatic heterocycles. The third-order valence-corrected chi connectivity index (χ3v) is 5.03. The highest BCUT2D eigenvalue weighted by molar-refractivity contribution is 5.96. The maximum atomic E-state index is 12.9. The predicted octanol–water partition coefficient (Wildman–Crippen LogP) is 2.02.